The molecule has 12 nitrogen and oxygen atoms in total. The van der Waals surface area contributed by atoms with Crippen LogP contribution in [0.4, 0.5) is 0 Å². The summed E-state index contributed by atoms with van der Waals surface area (Å²) in [5.74, 6) is -1.26. The van der Waals surface area contributed by atoms with Crippen molar-refractivity contribution >= 4 is 18.2 Å². The number of carboxylic acids is 2. The van der Waals surface area contributed by atoms with Gasteiger partial charge in [-0.1, -0.05) is 151 Å². The molecular formula is C64H108N2O10. The molecule has 0 spiro atoms. The van der Waals surface area contributed by atoms with Crippen molar-refractivity contribution in [1.82, 2.24) is 4.90 Å². The van der Waals surface area contributed by atoms with Gasteiger partial charge in [-0.05, 0) is 144 Å². The predicted molar refractivity (Wildman–Crippen MR) is 324 cm³/mol. The van der Waals surface area contributed by atoms with Crippen LogP contribution in [0.5, 0.6) is 0 Å². The van der Waals surface area contributed by atoms with Crippen molar-refractivity contribution in [3.8, 4) is 0 Å². The number of rotatable bonds is 40. The van der Waals surface area contributed by atoms with Crippen molar-refractivity contribution in [2.45, 2.75) is 160 Å². The monoisotopic (exact) mass is 1060 g/mol. The molecule has 1 aromatic rings. The number of aliphatic hydroxyl groups excluding tert-OH is 2. The topological polar surface area (TPSA) is 168 Å². The van der Waals surface area contributed by atoms with Crippen LogP contribution < -0.4 is 0 Å². The Morgan fingerprint density at radius 2 is 1.32 bits per heavy atom. The summed E-state index contributed by atoms with van der Waals surface area (Å²) in [5, 5.41) is 36.8. The minimum atomic E-state index is -0.891. The molecule has 0 bridgehead atoms. The first-order valence-corrected chi connectivity index (χ1v) is 25.3. The van der Waals surface area contributed by atoms with E-state index >= 15 is 0 Å². The first-order chi connectivity index (χ1) is 34.3. The number of aliphatic carboxylic acids is 2. The minimum absolute atomic E-state index is 0. The van der Waals surface area contributed by atoms with Gasteiger partial charge in [-0.2, -0.15) is 0 Å². The van der Waals surface area contributed by atoms with Crippen LogP contribution in [-0.2, 0) is 34.0 Å². The number of allylic oxidation sites excluding steroid dienone is 13. The van der Waals surface area contributed by atoms with E-state index in [1.807, 2.05) is 61.7 Å². The number of carbonyl (C=O) groups is 2. The lowest BCUT2D eigenvalue weighted by molar-refractivity contribution is -0.139. The molecule has 0 saturated heterocycles. The number of aliphatic hydroxyl groups is 2. The first kappa shape index (κ1) is 79.2. The molecule has 4 unspecified atom stereocenters. The summed E-state index contributed by atoms with van der Waals surface area (Å²) in [6.45, 7) is 31.1. The molecule has 12 heteroatoms. The van der Waals surface area contributed by atoms with Gasteiger partial charge in [0.05, 0.1) is 37.1 Å². The summed E-state index contributed by atoms with van der Waals surface area (Å²) in [7, 11) is 3.78. The molecule has 1 aromatic carbocycles. The zero-order valence-electron chi connectivity index (χ0n) is 45.2. The van der Waals surface area contributed by atoms with E-state index in [9.17, 15) is 19.8 Å². The minimum Gasteiger partial charge on any atom is -0.516 e. The van der Waals surface area contributed by atoms with Crippen LogP contribution in [0.25, 0.3) is 0 Å². The zero-order valence-corrected chi connectivity index (χ0v) is 45.2. The third kappa shape index (κ3) is 37.1. The lowest BCUT2D eigenvalue weighted by Gasteiger charge is -2.28. The molecule has 0 aliphatic heterocycles. The highest BCUT2D eigenvalue weighted by Gasteiger charge is 2.26. The maximum atomic E-state index is 11.1. The Morgan fingerprint density at radius 1 is 0.750 bits per heavy atom. The SMILES string of the molecule is C.C.C.C.C=C(OCC(C)O)C(CCCN=CCCCCN(C)CCCC(CCCOC)CC(=O)O)CC(=O)O.C=C/C=C(\C=C/O)C(C)(C)C(/C=C\OC(C)CO/C=C\C(=C/C=C)C(C)(C)c1ccccc1)=C/C=C. The highest BCUT2D eigenvalue weighted by atomic mass is 16.5. The molecule has 4 N–H and O–H groups in total. The molecular weight excluding hydrogens is 957 g/mol. The smallest absolute Gasteiger partial charge is 0.304 e. The van der Waals surface area contributed by atoms with Gasteiger partial charge in [0.25, 0.3) is 0 Å². The van der Waals surface area contributed by atoms with E-state index in [0.717, 1.165) is 87.4 Å². The molecule has 0 fully saturated rings. The van der Waals surface area contributed by atoms with Crippen molar-refractivity contribution in [2.75, 3.05) is 53.6 Å². The van der Waals surface area contributed by atoms with Crippen LogP contribution in [0, 0.1) is 17.3 Å². The van der Waals surface area contributed by atoms with E-state index < -0.39 is 23.5 Å². The fourth-order valence-corrected chi connectivity index (χ4v) is 7.70. The van der Waals surface area contributed by atoms with E-state index in [2.05, 4.69) is 83.1 Å². The number of benzene rings is 1. The van der Waals surface area contributed by atoms with Crippen LogP contribution in [0.2, 0.25) is 0 Å². The number of hydrogen-bond donors (Lipinski definition) is 4. The van der Waals surface area contributed by atoms with Crippen LogP contribution in [0.1, 0.15) is 147 Å². The predicted octanol–water partition coefficient (Wildman–Crippen LogP) is 15.6. The second-order valence-electron chi connectivity index (χ2n) is 19.1. The Hall–Kier alpha value is -5.69. The third-order valence-corrected chi connectivity index (χ3v) is 12.1. The number of aliphatic imine (C=N–C) groups is 1. The zero-order chi connectivity index (χ0) is 54.2. The Balaban J connectivity index is -0.000000420. The van der Waals surface area contributed by atoms with Crippen LogP contribution in [0.15, 0.2) is 158 Å². The van der Waals surface area contributed by atoms with Gasteiger partial charge < -0.3 is 44.3 Å². The highest BCUT2D eigenvalue weighted by molar-refractivity contribution is 5.67. The molecule has 0 aromatic heterocycles. The van der Waals surface area contributed by atoms with Crippen LogP contribution >= 0.6 is 0 Å². The Kier molecular flexibility index (Phi) is 49.7. The Labute approximate surface area is 463 Å². The van der Waals surface area contributed by atoms with Crippen molar-refractivity contribution in [2.24, 2.45) is 22.2 Å². The summed E-state index contributed by atoms with van der Waals surface area (Å²) in [4.78, 5) is 28.9. The molecule has 0 aliphatic rings. The van der Waals surface area contributed by atoms with Crippen molar-refractivity contribution < 1.29 is 49.0 Å². The summed E-state index contributed by atoms with van der Waals surface area (Å²) in [6, 6.07) is 10.4. The molecule has 0 saturated carbocycles. The molecule has 0 heterocycles. The molecule has 0 amide bonds. The molecule has 434 valence electrons. The van der Waals surface area contributed by atoms with E-state index in [1.54, 1.807) is 50.9 Å². The first-order valence-electron chi connectivity index (χ1n) is 25.3. The van der Waals surface area contributed by atoms with Gasteiger partial charge in [-0.25, -0.2) is 0 Å². The van der Waals surface area contributed by atoms with E-state index in [-0.39, 0.29) is 72.5 Å². The van der Waals surface area contributed by atoms with E-state index in [0.29, 0.717) is 31.9 Å². The highest BCUT2D eigenvalue weighted by Crippen LogP contribution is 2.37. The van der Waals surface area contributed by atoms with Gasteiger partial charge in [0, 0.05) is 43.4 Å². The van der Waals surface area contributed by atoms with Gasteiger partial charge >= 0.3 is 11.9 Å². The van der Waals surface area contributed by atoms with Gasteiger partial charge in [-0.3, -0.25) is 14.6 Å². The fourth-order valence-electron chi connectivity index (χ4n) is 7.70. The van der Waals surface area contributed by atoms with Crippen molar-refractivity contribution in [3.63, 3.8) is 0 Å². The molecule has 4 atom stereocenters. The average Bonchev–Trinajstić information content (AvgIpc) is 3.33. The fraction of sp³-hybridized carbons (Fsp3) is 0.547. The van der Waals surface area contributed by atoms with Gasteiger partial charge in [-0.15, -0.1) is 0 Å². The molecule has 0 radical (unpaired) electrons. The lowest BCUT2D eigenvalue weighted by Crippen LogP contribution is -2.22. The van der Waals surface area contributed by atoms with Crippen LogP contribution in [-0.4, -0.2) is 109 Å². The number of ether oxygens (including phenoxy) is 4. The standard InChI is InChI=1S/C33H42O3.C27H50N2O7.4CH4/c1-9-15-28(20-23-34)32(5,6)30(17-11-3)22-25-36-27(4)26-35-24-21-29(16-10-2)33(7,8)31-18-13-12-14-19-31;1-22(30)21-36-23(2)25(20-27(33)34)13-8-15-28-14-6-5-7-16-29(3)17-9-11-24(19-26(31)32)12-10-18-35-4;;;;/h9-25,27,34H,1-3,26H2,4-8H3;14,22,24-25,30H,2,5-13,15-21H2,1,3-4H3,(H,31,32)(H,33,34);4*1H4/b23-20-,24-21-,25-22-,28-15+,29-16+,30-17+;;;;;. The molecule has 0 aliphatic carbocycles. The van der Waals surface area contributed by atoms with Gasteiger partial charge in [0.15, 0.2) is 0 Å². The van der Waals surface area contributed by atoms with Crippen LogP contribution in [0.3, 0.4) is 0 Å². The normalized spacial score (nSPS) is 13.7. The largest absolute Gasteiger partial charge is 0.516 e. The number of carboxylic acid groups (broad SMARTS) is 2. The second kappa shape index (κ2) is 47.7. The summed E-state index contributed by atoms with van der Waals surface area (Å²) >= 11 is 0. The number of nitrogens with zero attached hydrogens (tertiary/aromatic N) is 2. The summed E-state index contributed by atoms with van der Waals surface area (Å²) < 4.78 is 22.1. The third-order valence-electron chi connectivity index (χ3n) is 12.1. The Bertz CT molecular complexity index is 1920. The maximum absolute atomic E-state index is 11.1. The van der Waals surface area contributed by atoms with Crippen molar-refractivity contribution in [1.29, 1.82) is 0 Å². The van der Waals surface area contributed by atoms with Gasteiger partial charge in [0.2, 0.25) is 0 Å². The quantitative estimate of drug-likeness (QED) is 0.0214. The number of methoxy groups -OCH3 is 1. The van der Waals surface area contributed by atoms with Crippen molar-refractivity contribution in [3.05, 3.63) is 158 Å². The van der Waals surface area contributed by atoms with E-state index in [1.165, 1.54) is 5.56 Å². The number of hydrogen-bond acceptors (Lipinski definition) is 10. The molecule has 1 rings (SSSR count). The summed E-state index contributed by atoms with van der Waals surface area (Å²) in [6.07, 6.45) is 30.5. The summed E-state index contributed by atoms with van der Waals surface area (Å²) in [5.41, 5.74) is 3.60. The lowest BCUT2D eigenvalue weighted by atomic mass is 9.76. The second-order valence-corrected chi connectivity index (χ2v) is 19.1. The van der Waals surface area contributed by atoms with Gasteiger partial charge in [0.1, 0.15) is 19.3 Å². The molecule has 76 heavy (non-hydrogen) atoms. The Morgan fingerprint density at radius 3 is 1.88 bits per heavy atom. The average molecular weight is 1070 g/mol. The number of unbranched alkanes of at least 4 members (excludes halogenated alkanes) is 2. The van der Waals surface area contributed by atoms with E-state index in [4.69, 9.17) is 29.2 Å². The maximum Gasteiger partial charge on any atom is 0.304 e.